The second-order valence-corrected chi connectivity index (χ2v) is 8.54. The van der Waals surface area contributed by atoms with Crippen LogP contribution in [0.5, 0.6) is 0 Å². The Morgan fingerprint density at radius 1 is 1.18 bits per heavy atom. The summed E-state index contributed by atoms with van der Waals surface area (Å²) in [5, 5.41) is 3.05. The van der Waals surface area contributed by atoms with Gasteiger partial charge in [0.1, 0.15) is 0 Å². The van der Waals surface area contributed by atoms with Gasteiger partial charge in [-0.1, -0.05) is 27.6 Å². The molecule has 2 aliphatic rings. The van der Waals surface area contributed by atoms with E-state index in [1.807, 2.05) is 0 Å². The molecule has 0 spiro atoms. The number of fused-ring (bicyclic) bond motifs is 1. The summed E-state index contributed by atoms with van der Waals surface area (Å²) in [5.41, 5.74) is 2.11. The Bertz CT molecular complexity index is 809. The molecular weight excluding hydrogens is 422 g/mol. The van der Waals surface area contributed by atoms with Gasteiger partial charge in [0.15, 0.2) is 0 Å². The largest absolute Gasteiger partial charge is 0.353 e. The second-order valence-electron chi connectivity index (χ2n) is 7.63. The highest BCUT2D eigenvalue weighted by molar-refractivity contribution is 9.10. The van der Waals surface area contributed by atoms with Gasteiger partial charge < -0.3 is 5.32 Å². The van der Waals surface area contributed by atoms with Crippen molar-refractivity contribution in [3.63, 3.8) is 0 Å². The topological polar surface area (TPSA) is 69.7 Å². The summed E-state index contributed by atoms with van der Waals surface area (Å²) in [6.07, 6.45) is 4.19. The maximum Gasteiger partial charge on any atom is 0.261 e. The minimum absolute atomic E-state index is 0.106. The Morgan fingerprint density at radius 3 is 2.54 bits per heavy atom. The summed E-state index contributed by atoms with van der Waals surface area (Å²) >= 11 is 3.32. The van der Waals surface area contributed by atoms with E-state index in [1.165, 1.54) is 10.5 Å². The molecule has 2 aliphatic heterocycles. The van der Waals surface area contributed by atoms with E-state index < -0.39 is 0 Å². The average Bonchev–Trinajstić information content (AvgIpc) is 2.89. The number of hydrogen-bond acceptors (Lipinski definition) is 4. The molecule has 0 aromatic heterocycles. The van der Waals surface area contributed by atoms with Crippen molar-refractivity contribution in [1.82, 2.24) is 15.1 Å². The second kappa shape index (κ2) is 9.01. The van der Waals surface area contributed by atoms with Gasteiger partial charge in [-0.2, -0.15) is 0 Å². The zero-order valence-corrected chi connectivity index (χ0v) is 17.9. The molecule has 1 N–H and O–H groups in total. The highest BCUT2D eigenvalue weighted by Crippen LogP contribution is 2.26. The number of piperidine rings is 1. The van der Waals surface area contributed by atoms with Crippen LogP contribution in [0.2, 0.25) is 0 Å². The van der Waals surface area contributed by atoms with Gasteiger partial charge in [0, 0.05) is 43.1 Å². The SMILES string of the molecule is CC(C)=CCN1CCC(NC(=O)CCN2C(=O)c3ccc(Br)cc3C2=O)CC1. The van der Waals surface area contributed by atoms with Gasteiger partial charge in [0.2, 0.25) is 5.91 Å². The van der Waals surface area contributed by atoms with E-state index in [0.717, 1.165) is 36.9 Å². The Hall–Kier alpha value is -1.99. The lowest BCUT2D eigenvalue weighted by molar-refractivity contribution is -0.122. The molecule has 150 valence electrons. The van der Waals surface area contributed by atoms with E-state index in [1.54, 1.807) is 18.2 Å². The molecule has 7 heteroatoms. The van der Waals surface area contributed by atoms with Gasteiger partial charge >= 0.3 is 0 Å². The molecule has 0 bridgehead atoms. The average molecular weight is 448 g/mol. The van der Waals surface area contributed by atoms with Crippen LogP contribution in [0, 0.1) is 0 Å². The number of rotatable bonds is 6. The van der Waals surface area contributed by atoms with E-state index >= 15 is 0 Å². The summed E-state index contributed by atoms with van der Waals surface area (Å²) < 4.78 is 0.753. The van der Waals surface area contributed by atoms with Crippen molar-refractivity contribution in [2.24, 2.45) is 0 Å². The van der Waals surface area contributed by atoms with Crippen LogP contribution in [-0.4, -0.2) is 59.7 Å². The minimum atomic E-state index is -0.332. The van der Waals surface area contributed by atoms with E-state index in [-0.39, 0.29) is 36.7 Å². The van der Waals surface area contributed by atoms with Crippen LogP contribution in [0.1, 0.15) is 53.8 Å². The predicted octanol–water partition coefficient (Wildman–Crippen LogP) is 2.98. The minimum Gasteiger partial charge on any atom is -0.353 e. The van der Waals surface area contributed by atoms with Crippen molar-refractivity contribution in [3.05, 3.63) is 45.4 Å². The number of nitrogens with zero attached hydrogens (tertiary/aromatic N) is 2. The normalized spacial score (nSPS) is 17.6. The molecule has 28 heavy (non-hydrogen) atoms. The van der Waals surface area contributed by atoms with E-state index in [0.29, 0.717) is 11.1 Å². The van der Waals surface area contributed by atoms with E-state index in [2.05, 4.69) is 46.1 Å². The van der Waals surface area contributed by atoms with Crippen LogP contribution in [-0.2, 0) is 4.79 Å². The fraction of sp³-hybridized carbons (Fsp3) is 0.476. The first-order valence-electron chi connectivity index (χ1n) is 9.66. The molecule has 3 rings (SSSR count). The number of carbonyl (C=O) groups is 3. The molecular formula is C21H26BrN3O3. The molecule has 0 saturated carbocycles. The molecule has 0 atom stereocenters. The van der Waals surface area contributed by atoms with Crippen molar-refractivity contribution >= 4 is 33.7 Å². The van der Waals surface area contributed by atoms with Gasteiger partial charge in [-0.25, -0.2) is 0 Å². The summed E-state index contributed by atoms with van der Waals surface area (Å²) in [7, 11) is 0. The number of likely N-dealkylation sites (tertiary alicyclic amines) is 1. The number of halogens is 1. The molecule has 1 aromatic rings. The van der Waals surface area contributed by atoms with Crippen molar-refractivity contribution < 1.29 is 14.4 Å². The number of benzene rings is 1. The lowest BCUT2D eigenvalue weighted by atomic mass is 10.0. The monoisotopic (exact) mass is 447 g/mol. The number of hydrogen-bond donors (Lipinski definition) is 1. The first kappa shape index (κ1) is 20.7. The molecule has 0 radical (unpaired) electrons. The standard InChI is InChI=1S/C21H26BrN3O3/c1-14(2)5-9-24-10-6-16(7-11-24)23-19(26)8-12-25-20(27)17-4-3-15(22)13-18(17)21(25)28/h3-5,13,16H,6-12H2,1-2H3,(H,23,26). The third-order valence-electron chi connectivity index (χ3n) is 5.21. The van der Waals surface area contributed by atoms with Gasteiger partial charge in [-0.05, 0) is 44.9 Å². The lowest BCUT2D eigenvalue weighted by Gasteiger charge is -2.31. The third-order valence-corrected chi connectivity index (χ3v) is 5.70. The van der Waals surface area contributed by atoms with Crippen LogP contribution < -0.4 is 5.32 Å². The summed E-state index contributed by atoms with van der Waals surface area (Å²) in [6, 6.07) is 5.19. The lowest BCUT2D eigenvalue weighted by Crippen LogP contribution is -2.45. The summed E-state index contributed by atoms with van der Waals surface area (Å²) in [6.45, 7) is 7.18. The van der Waals surface area contributed by atoms with Gasteiger partial charge in [0.25, 0.3) is 11.8 Å². The predicted molar refractivity (Wildman–Crippen MR) is 111 cm³/mol. The van der Waals surface area contributed by atoms with Crippen molar-refractivity contribution in [2.45, 2.75) is 39.2 Å². The fourth-order valence-corrected chi connectivity index (χ4v) is 3.91. The number of carbonyl (C=O) groups excluding carboxylic acids is 3. The van der Waals surface area contributed by atoms with Crippen LogP contribution in [0.4, 0.5) is 0 Å². The smallest absolute Gasteiger partial charge is 0.261 e. The summed E-state index contributed by atoms with van der Waals surface area (Å²) in [4.78, 5) is 40.7. The Morgan fingerprint density at radius 2 is 1.86 bits per heavy atom. The first-order valence-corrected chi connectivity index (χ1v) is 10.5. The maximum atomic E-state index is 12.4. The highest BCUT2D eigenvalue weighted by Gasteiger charge is 2.35. The molecule has 0 aliphatic carbocycles. The van der Waals surface area contributed by atoms with Crippen molar-refractivity contribution in [3.8, 4) is 0 Å². The molecule has 0 unspecified atom stereocenters. The van der Waals surface area contributed by atoms with Crippen LogP contribution in [0.3, 0.4) is 0 Å². The molecule has 6 nitrogen and oxygen atoms in total. The van der Waals surface area contributed by atoms with E-state index in [9.17, 15) is 14.4 Å². The fourth-order valence-electron chi connectivity index (χ4n) is 3.55. The number of allylic oxidation sites excluding steroid dienone is 1. The van der Waals surface area contributed by atoms with Gasteiger partial charge in [-0.15, -0.1) is 0 Å². The quantitative estimate of drug-likeness (QED) is 0.537. The number of amides is 3. The van der Waals surface area contributed by atoms with Gasteiger partial charge in [0.05, 0.1) is 11.1 Å². The van der Waals surface area contributed by atoms with Crippen LogP contribution >= 0.6 is 15.9 Å². The zero-order valence-electron chi connectivity index (χ0n) is 16.3. The third kappa shape index (κ3) is 4.89. The number of nitrogens with one attached hydrogen (secondary N) is 1. The Kier molecular flexibility index (Phi) is 6.67. The molecule has 2 heterocycles. The Labute approximate surface area is 174 Å². The maximum absolute atomic E-state index is 12.4. The Balaban J connectivity index is 1.45. The first-order chi connectivity index (χ1) is 13.3. The number of imide groups is 1. The van der Waals surface area contributed by atoms with Crippen molar-refractivity contribution in [2.75, 3.05) is 26.2 Å². The molecule has 1 aromatic carbocycles. The highest BCUT2D eigenvalue weighted by atomic mass is 79.9. The van der Waals surface area contributed by atoms with E-state index in [4.69, 9.17) is 0 Å². The van der Waals surface area contributed by atoms with Crippen LogP contribution in [0.15, 0.2) is 34.3 Å². The zero-order chi connectivity index (χ0) is 20.3. The van der Waals surface area contributed by atoms with Crippen LogP contribution in [0.25, 0.3) is 0 Å². The van der Waals surface area contributed by atoms with Crippen molar-refractivity contribution in [1.29, 1.82) is 0 Å². The molecule has 3 amide bonds. The molecule has 1 fully saturated rings. The van der Waals surface area contributed by atoms with Gasteiger partial charge in [-0.3, -0.25) is 24.2 Å². The summed E-state index contributed by atoms with van der Waals surface area (Å²) in [5.74, 6) is -0.768. The molecule has 1 saturated heterocycles.